The largest absolute Gasteiger partial charge is 0.476 e. The van der Waals surface area contributed by atoms with E-state index in [1.54, 1.807) is 23.0 Å². The third-order valence-electron chi connectivity index (χ3n) is 7.41. The van der Waals surface area contributed by atoms with Crippen LogP contribution in [0.5, 0.6) is 5.88 Å². The number of rotatable bonds is 8. The van der Waals surface area contributed by atoms with Gasteiger partial charge in [0.05, 0.1) is 16.2 Å². The average Bonchev–Trinajstić information content (AvgIpc) is 3.27. The molecule has 1 atom stereocenters. The SMILES string of the molecule is Cc1nn(C)cc1SNC(=O)c1ccc(-n2ccc(OCC3(C(F)(F)F)CC3)n2)nc1N1C[C@@H](C)CC1(C)C. The molecule has 2 fully saturated rings. The van der Waals surface area contributed by atoms with Crippen LogP contribution in [0.2, 0.25) is 0 Å². The number of pyridine rings is 1. The molecule has 13 heteroatoms. The summed E-state index contributed by atoms with van der Waals surface area (Å²) in [7, 11) is 1.82. The van der Waals surface area contributed by atoms with Gasteiger partial charge in [0.25, 0.3) is 5.91 Å². The zero-order valence-corrected chi connectivity index (χ0v) is 23.4. The molecule has 3 aromatic heterocycles. The second-order valence-corrected chi connectivity index (χ2v) is 12.1. The Morgan fingerprint density at radius 1 is 1.23 bits per heavy atom. The number of carbonyl (C=O) groups excluding carboxylic acids is 1. The average molecular weight is 564 g/mol. The first-order valence-corrected chi connectivity index (χ1v) is 13.6. The minimum atomic E-state index is -4.30. The number of aromatic nitrogens is 5. The summed E-state index contributed by atoms with van der Waals surface area (Å²) in [5.41, 5.74) is -0.784. The van der Waals surface area contributed by atoms with E-state index in [0.717, 1.165) is 23.6 Å². The van der Waals surface area contributed by atoms with Crippen LogP contribution in [-0.2, 0) is 7.05 Å². The van der Waals surface area contributed by atoms with E-state index in [1.165, 1.54) is 22.7 Å². The lowest BCUT2D eigenvalue weighted by molar-refractivity contribution is -0.194. The van der Waals surface area contributed by atoms with E-state index >= 15 is 0 Å². The van der Waals surface area contributed by atoms with Crippen LogP contribution in [0.3, 0.4) is 0 Å². The predicted octanol–water partition coefficient (Wildman–Crippen LogP) is 5.09. The number of amides is 1. The molecule has 1 amide bonds. The Morgan fingerprint density at radius 3 is 2.56 bits per heavy atom. The Labute approximate surface area is 229 Å². The number of alkyl halides is 3. The van der Waals surface area contributed by atoms with Gasteiger partial charge >= 0.3 is 6.18 Å². The summed E-state index contributed by atoms with van der Waals surface area (Å²) in [5, 5.41) is 8.61. The highest BCUT2D eigenvalue weighted by atomic mass is 32.2. The molecule has 1 aliphatic heterocycles. The maximum absolute atomic E-state index is 13.4. The van der Waals surface area contributed by atoms with Gasteiger partial charge in [-0.3, -0.25) is 14.2 Å². The van der Waals surface area contributed by atoms with Crippen molar-refractivity contribution in [1.82, 2.24) is 29.3 Å². The summed E-state index contributed by atoms with van der Waals surface area (Å²) in [6, 6.07) is 4.89. The third-order valence-corrected chi connectivity index (χ3v) is 8.31. The Bertz CT molecular complexity index is 1380. The maximum Gasteiger partial charge on any atom is 0.397 e. The van der Waals surface area contributed by atoms with E-state index in [1.807, 2.05) is 20.2 Å². The molecule has 1 saturated heterocycles. The van der Waals surface area contributed by atoms with Crippen LogP contribution in [0.1, 0.15) is 56.1 Å². The molecule has 0 spiro atoms. The fraction of sp³-hybridized carbons (Fsp3) is 0.538. The van der Waals surface area contributed by atoms with E-state index < -0.39 is 18.2 Å². The Hall–Kier alpha value is -3.22. The highest BCUT2D eigenvalue weighted by Crippen LogP contribution is 2.57. The smallest absolute Gasteiger partial charge is 0.397 e. The highest BCUT2D eigenvalue weighted by molar-refractivity contribution is 7.98. The van der Waals surface area contributed by atoms with E-state index in [0.29, 0.717) is 23.1 Å². The lowest BCUT2D eigenvalue weighted by Crippen LogP contribution is -2.40. The molecule has 39 heavy (non-hydrogen) atoms. The summed E-state index contributed by atoms with van der Waals surface area (Å²) in [6.45, 7) is 8.55. The van der Waals surface area contributed by atoms with Crippen LogP contribution in [0.15, 0.2) is 35.5 Å². The molecule has 1 saturated carbocycles. The molecule has 9 nitrogen and oxygen atoms in total. The van der Waals surface area contributed by atoms with Crippen molar-refractivity contribution in [2.75, 3.05) is 18.1 Å². The second kappa shape index (κ2) is 9.76. The van der Waals surface area contributed by atoms with Crippen molar-refractivity contribution in [3.63, 3.8) is 0 Å². The number of ether oxygens (including phenoxy) is 1. The fourth-order valence-electron chi connectivity index (χ4n) is 5.13. The van der Waals surface area contributed by atoms with Crippen molar-refractivity contribution in [1.29, 1.82) is 0 Å². The number of nitrogens with one attached hydrogen (secondary N) is 1. The van der Waals surface area contributed by atoms with Crippen LogP contribution >= 0.6 is 11.9 Å². The molecule has 5 rings (SSSR count). The van der Waals surface area contributed by atoms with Crippen LogP contribution in [-0.4, -0.2) is 55.3 Å². The maximum atomic E-state index is 13.4. The number of aryl methyl sites for hydroxylation is 2. The number of hydrogen-bond acceptors (Lipinski definition) is 7. The Balaban J connectivity index is 1.40. The first-order chi connectivity index (χ1) is 18.3. The fourth-order valence-corrected chi connectivity index (χ4v) is 5.83. The molecular formula is C26H32F3N7O2S. The van der Waals surface area contributed by atoms with Crippen molar-refractivity contribution >= 4 is 23.7 Å². The Morgan fingerprint density at radius 2 is 1.97 bits per heavy atom. The summed E-state index contributed by atoms with van der Waals surface area (Å²) in [5.74, 6) is 1.16. The van der Waals surface area contributed by atoms with E-state index in [-0.39, 0.29) is 30.2 Å². The molecule has 1 aliphatic carbocycles. The van der Waals surface area contributed by atoms with Gasteiger partial charge in [0.15, 0.2) is 5.82 Å². The summed E-state index contributed by atoms with van der Waals surface area (Å²) in [6.07, 6.45) is 0.196. The van der Waals surface area contributed by atoms with Crippen molar-refractivity contribution in [2.45, 2.75) is 63.6 Å². The van der Waals surface area contributed by atoms with Gasteiger partial charge in [-0.2, -0.15) is 18.3 Å². The number of anilines is 1. The van der Waals surface area contributed by atoms with Crippen LogP contribution < -0.4 is 14.4 Å². The standard InChI is InChI=1S/C26H32F3N7O2S/c1-16-12-24(3,4)35(13-16)22-18(23(37)33-39-19-14-34(5)31-17(19)2)6-7-20(30-22)36-11-8-21(32-36)38-15-25(9-10-25)26(27,28)29/h6-8,11,14,16H,9-10,12-13,15H2,1-5H3,(H,33,37)/t16-/m0/s1. The van der Waals surface area contributed by atoms with Crippen molar-refractivity contribution in [3.05, 3.63) is 41.9 Å². The lowest BCUT2D eigenvalue weighted by atomic mass is 9.97. The van der Waals surface area contributed by atoms with Gasteiger partial charge in [0.2, 0.25) is 5.88 Å². The van der Waals surface area contributed by atoms with Gasteiger partial charge in [0, 0.05) is 37.6 Å². The number of hydrogen-bond donors (Lipinski definition) is 1. The molecule has 2 aliphatic rings. The summed E-state index contributed by atoms with van der Waals surface area (Å²) in [4.78, 5) is 21.2. The molecule has 4 heterocycles. The minimum Gasteiger partial charge on any atom is -0.476 e. The summed E-state index contributed by atoms with van der Waals surface area (Å²) < 4.78 is 51.3. The first kappa shape index (κ1) is 27.4. The quantitative estimate of drug-likeness (QED) is 0.382. The van der Waals surface area contributed by atoms with E-state index in [4.69, 9.17) is 9.72 Å². The summed E-state index contributed by atoms with van der Waals surface area (Å²) >= 11 is 1.20. The zero-order chi connectivity index (χ0) is 28.2. The van der Waals surface area contributed by atoms with Crippen LogP contribution in [0, 0.1) is 18.3 Å². The van der Waals surface area contributed by atoms with Crippen molar-refractivity contribution < 1.29 is 22.7 Å². The van der Waals surface area contributed by atoms with Crippen molar-refractivity contribution in [3.8, 4) is 11.7 Å². The topological polar surface area (TPSA) is 90.1 Å². The van der Waals surface area contributed by atoms with Gasteiger partial charge in [-0.25, -0.2) is 9.67 Å². The molecule has 0 bridgehead atoms. The Kier molecular flexibility index (Phi) is 6.84. The third kappa shape index (κ3) is 5.45. The zero-order valence-electron chi connectivity index (χ0n) is 22.5. The van der Waals surface area contributed by atoms with Crippen LogP contribution in [0.4, 0.5) is 19.0 Å². The van der Waals surface area contributed by atoms with Gasteiger partial charge in [0.1, 0.15) is 17.8 Å². The van der Waals surface area contributed by atoms with E-state index in [9.17, 15) is 18.0 Å². The van der Waals surface area contributed by atoms with Crippen LogP contribution in [0.25, 0.3) is 5.82 Å². The molecule has 210 valence electrons. The molecule has 0 unspecified atom stereocenters. The normalized spacial score (nSPS) is 19.8. The molecular weight excluding hydrogens is 531 g/mol. The van der Waals surface area contributed by atoms with Gasteiger partial charge < -0.3 is 9.64 Å². The number of carbonyl (C=O) groups is 1. The second-order valence-electron chi connectivity index (χ2n) is 11.2. The minimum absolute atomic E-state index is 0.0638. The number of nitrogens with zero attached hydrogens (tertiary/aromatic N) is 6. The predicted molar refractivity (Wildman–Crippen MR) is 141 cm³/mol. The van der Waals surface area contributed by atoms with Crippen molar-refractivity contribution in [2.24, 2.45) is 18.4 Å². The van der Waals surface area contributed by atoms with Gasteiger partial charge in [-0.05, 0) is 70.0 Å². The molecule has 3 aromatic rings. The lowest BCUT2D eigenvalue weighted by Gasteiger charge is -2.34. The molecule has 1 N–H and O–H groups in total. The highest BCUT2D eigenvalue weighted by Gasteiger charge is 2.64. The monoisotopic (exact) mass is 563 g/mol. The first-order valence-electron chi connectivity index (χ1n) is 12.8. The number of halogens is 3. The van der Waals surface area contributed by atoms with Gasteiger partial charge in [-0.15, -0.1) is 5.10 Å². The van der Waals surface area contributed by atoms with Gasteiger partial charge in [-0.1, -0.05) is 6.92 Å². The molecule has 0 aromatic carbocycles. The molecule has 0 radical (unpaired) electrons. The van der Waals surface area contributed by atoms with E-state index in [2.05, 4.69) is 40.6 Å².